The van der Waals surface area contributed by atoms with E-state index in [1.165, 1.54) is 10.9 Å². The van der Waals surface area contributed by atoms with Gasteiger partial charge >= 0.3 is 6.03 Å². The molecule has 1 fully saturated rings. The summed E-state index contributed by atoms with van der Waals surface area (Å²) in [5.41, 5.74) is 2.63. The molecule has 2 aliphatic heterocycles. The van der Waals surface area contributed by atoms with Gasteiger partial charge < -0.3 is 19.9 Å². The number of hydrogen-bond acceptors (Lipinski definition) is 5. The SMILES string of the molecule is COc1ccccc1NC(=O)N1CCN(C(=O)CN2CCc3sccc3[C@H]2c2cccc(F)c2)C[C@H]1C. The van der Waals surface area contributed by atoms with Crippen LogP contribution < -0.4 is 10.1 Å². The molecule has 7 nitrogen and oxygen atoms in total. The average molecular weight is 523 g/mol. The molecule has 3 heterocycles. The van der Waals surface area contributed by atoms with Crippen LogP contribution in [0, 0.1) is 5.82 Å². The van der Waals surface area contributed by atoms with Crippen LogP contribution >= 0.6 is 11.3 Å². The van der Waals surface area contributed by atoms with Crippen molar-refractivity contribution in [3.05, 3.63) is 81.8 Å². The molecule has 3 aromatic rings. The number of nitrogens with zero attached hydrogens (tertiary/aromatic N) is 3. The molecule has 3 amide bonds. The Morgan fingerprint density at radius 1 is 1.11 bits per heavy atom. The van der Waals surface area contributed by atoms with Crippen LogP contribution in [-0.4, -0.2) is 72.5 Å². The van der Waals surface area contributed by atoms with E-state index < -0.39 is 0 Å². The van der Waals surface area contributed by atoms with Crippen molar-refractivity contribution in [1.82, 2.24) is 14.7 Å². The van der Waals surface area contributed by atoms with Crippen LogP contribution in [0.15, 0.2) is 60.0 Å². The standard InChI is InChI=1S/C28H31FN4O3S/c1-19-17-31(13-14-33(19)28(35)30-23-8-3-4-9-24(23)36-2)26(34)18-32-12-10-25-22(11-15-37-25)27(32)20-6-5-7-21(29)16-20/h3-9,11,15-16,19,27H,10,12-14,17-18H2,1-2H3,(H,30,35)/t19-,27-/m1/s1. The van der Waals surface area contributed by atoms with Crippen LogP contribution in [0.2, 0.25) is 0 Å². The lowest BCUT2D eigenvalue weighted by Gasteiger charge is -2.41. The summed E-state index contributed by atoms with van der Waals surface area (Å²) in [7, 11) is 1.57. The highest BCUT2D eigenvalue weighted by Gasteiger charge is 2.34. The van der Waals surface area contributed by atoms with Gasteiger partial charge in [0, 0.05) is 37.1 Å². The smallest absolute Gasteiger partial charge is 0.322 e. The number of ether oxygens (including phenoxy) is 1. The van der Waals surface area contributed by atoms with Crippen molar-refractivity contribution in [2.45, 2.75) is 25.4 Å². The predicted molar refractivity (Wildman–Crippen MR) is 143 cm³/mol. The molecule has 37 heavy (non-hydrogen) atoms. The lowest BCUT2D eigenvalue weighted by molar-refractivity contribution is -0.135. The van der Waals surface area contributed by atoms with E-state index in [0.717, 1.165) is 24.1 Å². The predicted octanol–water partition coefficient (Wildman–Crippen LogP) is 4.61. The fourth-order valence-electron chi connectivity index (χ4n) is 5.30. The molecule has 2 aliphatic rings. The Kier molecular flexibility index (Phi) is 7.43. The van der Waals surface area contributed by atoms with Gasteiger partial charge in [0.15, 0.2) is 0 Å². The van der Waals surface area contributed by atoms with Crippen molar-refractivity contribution in [3.63, 3.8) is 0 Å². The van der Waals surface area contributed by atoms with Crippen molar-refractivity contribution in [2.24, 2.45) is 0 Å². The number of hydrogen-bond donors (Lipinski definition) is 1. The number of amides is 3. The Balaban J connectivity index is 1.24. The van der Waals surface area contributed by atoms with Gasteiger partial charge in [0.2, 0.25) is 5.91 Å². The third kappa shape index (κ3) is 5.33. The summed E-state index contributed by atoms with van der Waals surface area (Å²) in [6.07, 6.45) is 0.874. The number of piperazine rings is 1. The monoisotopic (exact) mass is 522 g/mol. The number of anilines is 1. The fourth-order valence-corrected chi connectivity index (χ4v) is 6.20. The number of benzene rings is 2. The van der Waals surface area contributed by atoms with E-state index in [2.05, 4.69) is 21.7 Å². The van der Waals surface area contributed by atoms with Crippen LogP contribution in [-0.2, 0) is 11.2 Å². The van der Waals surface area contributed by atoms with Gasteiger partial charge in [-0.15, -0.1) is 11.3 Å². The molecule has 2 aromatic carbocycles. The average Bonchev–Trinajstić information content (AvgIpc) is 3.37. The first-order chi connectivity index (χ1) is 17.9. The van der Waals surface area contributed by atoms with E-state index in [1.807, 2.05) is 30.0 Å². The Morgan fingerprint density at radius 2 is 1.95 bits per heavy atom. The van der Waals surface area contributed by atoms with Crippen molar-refractivity contribution in [3.8, 4) is 5.75 Å². The number of methoxy groups -OCH3 is 1. The molecule has 1 N–H and O–H groups in total. The second-order valence-corrected chi connectivity index (χ2v) is 10.5. The van der Waals surface area contributed by atoms with Crippen LogP contribution in [0.25, 0.3) is 0 Å². The number of rotatable bonds is 5. The summed E-state index contributed by atoms with van der Waals surface area (Å²) in [6.45, 7) is 4.30. The second-order valence-electron chi connectivity index (χ2n) is 9.49. The molecule has 0 bridgehead atoms. The van der Waals surface area contributed by atoms with E-state index in [9.17, 15) is 14.0 Å². The third-order valence-corrected chi connectivity index (χ3v) is 8.15. The van der Waals surface area contributed by atoms with E-state index in [0.29, 0.717) is 31.1 Å². The van der Waals surface area contributed by atoms with Crippen molar-refractivity contribution >= 4 is 29.0 Å². The zero-order valence-electron chi connectivity index (χ0n) is 21.0. The lowest BCUT2D eigenvalue weighted by atomic mass is 9.93. The van der Waals surface area contributed by atoms with Crippen molar-refractivity contribution in [2.75, 3.05) is 45.2 Å². The fraction of sp³-hybridized carbons (Fsp3) is 0.357. The first kappa shape index (κ1) is 25.2. The van der Waals surface area contributed by atoms with Gasteiger partial charge in [-0.05, 0) is 60.2 Å². The Morgan fingerprint density at radius 3 is 2.73 bits per heavy atom. The van der Waals surface area contributed by atoms with E-state index in [1.54, 1.807) is 47.6 Å². The van der Waals surface area contributed by atoms with Gasteiger partial charge in [-0.25, -0.2) is 9.18 Å². The Hall–Kier alpha value is -3.43. The van der Waals surface area contributed by atoms with Gasteiger partial charge in [0.1, 0.15) is 11.6 Å². The number of urea groups is 1. The number of carbonyl (C=O) groups is 2. The maximum atomic E-state index is 14.1. The van der Waals surface area contributed by atoms with E-state index in [-0.39, 0.29) is 36.4 Å². The number of halogens is 1. The topological polar surface area (TPSA) is 65.1 Å². The van der Waals surface area contributed by atoms with Gasteiger partial charge in [-0.2, -0.15) is 0 Å². The summed E-state index contributed by atoms with van der Waals surface area (Å²) in [5, 5.41) is 5.00. The minimum atomic E-state index is -0.275. The van der Waals surface area contributed by atoms with Crippen LogP contribution in [0.1, 0.15) is 29.0 Å². The van der Waals surface area contributed by atoms with Gasteiger partial charge in [-0.1, -0.05) is 24.3 Å². The molecule has 2 atom stereocenters. The molecule has 0 saturated carbocycles. The molecule has 5 rings (SSSR count). The highest BCUT2D eigenvalue weighted by molar-refractivity contribution is 7.10. The number of nitrogens with one attached hydrogen (secondary N) is 1. The maximum Gasteiger partial charge on any atom is 0.322 e. The molecule has 0 radical (unpaired) electrons. The summed E-state index contributed by atoms with van der Waals surface area (Å²) in [6, 6.07) is 15.5. The first-order valence-corrected chi connectivity index (χ1v) is 13.4. The normalized spacial score (nSPS) is 19.9. The molecule has 0 unspecified atom stereocenters. The molecule has 194 valence electrons. The van der Waals surface area contributed by atoms with E-state index >= 15 is 0 Å². The number of carbonyl (C=O) groups excluding carboxylic acids is 2. The summed E-state index contributed by atoms with van der Waals surface area (Å²) >= 11 is 1.72. The minimum Gasteiger partial charge on any atom is -0.495 e. The molecule has 0 spiro atoms. The quantitative estimate of drug-likeness (QED) is 0.532. The molecule has 1 aromatic heterocycles. The Labute approximate surface area is 220 Å². The maximum absolute atomic E-state index is 14.1. The first-order valence-electron chi connectivity index (χ1n) is 12.5. The second kappa shape index (κ2) is 10.9. The Bertz CT molecular complexity index is 1280. The lowest BCUT2D eigenvalue weighted by Crippen LogP contribution is -2.58. The number of fused-ring (bicyclic) bond motifs is 1. The van der Waals surface area contributed by atoms with Crippen molar-refractivity contribution < 1.29 is 18.7 Å². The molecule has 9 heteroatoms. The van der Waals surface area contributed by atoms with Crippen LogP contribution in [0.4, 0.5) is 14.9 Å². The number of para-hydroxylation sites is 2. The summed E-state index contributed by atoms with van der Waals surface area (Å²) in [5.74, 6) is 0.347. The van der Waals surface area contributed by atoms with Gasteiger partial charge in [0.05, 0.1) is 25.4 Å². The molecule has 0 aliphatic carbocycles. The van der Waals surface area contributed by atoms with E-state index in [4.69, 9.17) is 4.74 Å². The minimum absolute atomic E-state index is 0.0247. The molecular formula is C28H31FN4O3S. The van der Waals surface area contributed by atoms with Gasteiger partial charge in [-0.3, -0.25) is 9.69 Å². The summed E-state index contributed by atoms with van der Waals surface area (Å²) in [4.78, 5) is 33.4. The molecule has 1 saturated heterocycles. The third-order valence-electron chi connectivity index (χ3n) is 7.16. The summed E-state index contributed by atoms with van der Waals surface area (Å²) < 4.78 is 19.4. The molecular weight excluding hydrogens is 491 g/mol. The van der Waals surface area contributed by atoms with Crippen molar-refractivity contribution in [1.29, 1.82) is 0 Å². The van der Waals surface area contributed by atoms with Crippen LogP contribution in [0.5, 0.6) is 5.75 Å². The largest absolute Gasteiger partial charge is 0.495 e. The highest BCUT2D eigenvalue weighted by Crippen LogP contribution is 2.38. The zero-order valence-corrected chi connectivity index (χ0v) is 21.8. The van der Waals surface area contributed by atoms with Crippen LogP contribution in [0.3, 0.4) is 0 Å². The zero-order chi connectivity index (χ0) is 25.9. The highest BCUT2D eigenvalue weighted by atomic mass is 32.1. The van der Waals surface area contributed by atoms with Gasteiger partial charge in [0.25, 0.3) is 0 Å². The number of thiophene rings is 1.